The molecule has 0 amide bonds. The molecule has 0 saturated heterocycles. The van der Waals surface area contributed by atoms with Crippen LogP contribution in [0.2, 0.25) is 0 Å². The first-order chi connectivity index (χ1) is 5.75. The van der Waals surface area contributed by atoms with Gasteiger partial charge in [0, 0.05) is 6.04 Å². The monoisotopic (exact) mass is 170 g/mol. The molecule has 1 rings (SSSR count). The molecule has 0 radical (unpaired) electrons. The number of nitrogens with zero attached hydrogens (tertiary/aromatic N) is 1. The topological polar surface area (TPSA) is 29.3 Å². The Bertz CT molecular complexity index is 123. The predicted octanol–water partition coefficient (Wildman–Crippen LogP) is 1.46. The molecule has 1 saturated carbocycles. The summed E-state index contributed by atoms with van der Waals surface area (Å²) in [7, 11) is 4.40. The predicted molar refractivity (Wildman–Crippen MR) is 53.1 cm³/mol. The lowest BCUT2D eigenvalue weighted by molar-refractivity contribution is 0.227. The van der Waals surface area contributed by atoms with E-state index in [9.17, 15) is 0 Å². The van der Waals surface area contributed by atoms with Crippen molar-refractivity contribution in [1.29, 1.82) is 0 Å². The first-order valence-corrected chi connectivity index (χ1v) is 5.12. The van der Waals surface area contributed by atoms with Crippen molar-refractivity contribution >= 4 is 0 Å². The summed E-state index contributed by atoms with van der Waals surface area (Å²) in [4.78, 5) is 2.38. The Labute approximate surface area is 76.1 Å². The Kier molecular flexibility index (Phi) is 4.02. The molecule has 0 bridgehead atoms. The Morgan fingerprint density at radius 2 is 2.08 bits per heavy atom. The molecule has 2 heteroatoms. The number of hydrogen-bond donors (Lipinski definition) is 1. The van der Waals surface area contributed by atoms with Crippen molar-refractivity contribution in [2.45, 2.75) is 38.1 Å². The highest BCUT2D eigenvalue weighted by Gasteiger charge is 2.27. The third kappa shape index (κ3) is 2.46. The van der Waals surface area contributed by atoms with Gasteiger partial charge in [0.15, 0.2) is 0 Å². The molecule has 1 aliphatic carbocycles. The smallest absolute Gasteiger partial charge is 0.0117 e. The molecule has 0 aromatic rings. The van der Waals surface area contributed by atoms with E-state index in [1.807, 2.05) is 0 Å². The lowest BCUT2D eigenvalue weighted by Gasteiger charge is -2.25. The van der Waals surface area contributed by atoms with Gasteiger partial charge in [-0.15, -0.1) is 0 Å². The average Bonchev–Trinajstić information content (AvgIpc) is 2.48. The summed E-state index contributed by atoms with van der Waals surface area (Å²) < 4.78 is 0. The van der Waals surface area contributed by atoms with Crippen LogP contribution in [0.3, 0.4) is 0 Å². The average molecular weight is 170 g/mol. The second kappa shape index (κ2) is 4.83. The van der Waals surface area contributed by atoms with Crippen molar-refractivity contribution in [3.05, 3.63) is 0 Å². The first kappa shape index (κ1) is 10.0. The lowest BCUT2D eigenvalue weighted by atomic mass is 9.97. The van der Waals surface area contributed by atoms with Gasteiger partial charge in [0.1, 0.15) is 0 Å². The van der Waals surface area contributed by atoms with Crippen LogP contribution in [0, 0.1) is 5.92 Å². The number of rotatable bonds is 4. The highest BCUT2D eigenvalue weighted by molar-refractivity contribution is 4.82. The van der Waals surface area contributed by atoms with Crippen LogP contribution in [0.4, 0.5) is 0 Å². The van der Waals surface area contributed by atoms with E-state index in [4.69, 9.17) is 5.73 Å². The zero-order chi connectivity index (χ0) is 8.97. The van der Waals surface area contributed by atoms with Crippen molar-refractivity contribution in [1.82, 2.24) is 4.90 Å². The number of hydrogen-bond acceptors (Lipinski definition) is 2. The molecule has 0 heterocycles. The van der Waals surface area contributed by atoms with E-state index < -0.39 is 0 Å². The van der Waals surface area contributed by atoms with Gasteiger partial charge in [0.2, 0.25) is 0 Å². The SMILES string of the molecule is CN(C)C1CCCC1CCCN. The maximum Gasteiger partial charge on any atom is 0.0117 e. The molecule has 0 aromatic heterocycles. The quantitative estimate of drug-likeness (QED) is 0.692. The summed E-state index contributed by atoms with van der Waals surface area (Å²) in [5.74, 6) is 0.920. The first-order valence-electron chi connectivity index (χ1n) is 5.12. The maximum absolute atomic E-state index is 5.51. The van der Waals surface area contributed by atoms with Crippen LogP contribution in [0.5, 0.6) is 0 Å². The van der Waals surface area contributed by atoms with Gasteiger partial charge >= 0.3 is 0 Å². The van der Waals surface area contributed by atoms with Crippen molar-refractivity contribution in [2.75, 3.05) is 20.6 Å². The molecule has 0 aromatic carbocycles. The zero-order valence-corrected chi connectivity index (χ0v) is 8.42. The van der Waals surface area contributed by atoms with Crippen LogP contribution in [0.25, 0.3) is 0 Å². The van der Waals surface area contributed by atoms with Gasteiger partial charge in [-0.25, -0.2) is 0 Å². The van der Waals surface area contributed by atoms with Crippen molar-refractivity contribution in [3.8, 4) is 0 Å². The molecule has 2 nitrogen and oxygen atoms in total. The molecular formula is C10H22N2. The highest BCUT2D eigenvalue weighted by atomic mass is 15.1. The van der Waals surface area contributed by atoms with E-state index in [-0.39, 0.29) is 0 Å². The van der Waals surface area contributed by atoms with Crippen molar-refractivity contribution < 1.29 is 0 Å². The summed E-state index contributed by atoms with van der Waals surface area (Å²) in [6.45, 7) is 0.858. The summed E-state index contributed by atoms with van der Waals surface area (Å²) in [5, 5.41) is 0. The molecule has 2 unspecified atom stereocenters. The second-order valence-electron chi connectivity index (χ2n) is 4.15. The molecular weight excluding hydrogens is 148 g/mol. The van der Waals surface area contributed by atoms with E-state index in [2.05, 4.69) is 19.0 Å². The van der Waals surface area contributed by atoms with Crippen molar-refractivity contribution in [2.24, 2.45) is 11.7 Å². The number of nitrogens with two attached hydrogens (primary N) is 1. The molecule has 0 spiro atoms. The maximum atomic E-state index is 5.51. The van der Waals surface area contributed by atoms with Gasteiger partial charge < -0.3 is 10.6 Å². The third-order valence-electron chi connectivity index (χ3n) is 3.06. The lowest BCUT2D eigenvalue weighted by Crippen LogP contribution is -2.31. The van der Waals surface area contributed by atoms with E-state index >= 15 is 0 Å². The van der Waals surface area contributed by atoms with Crippen molar-refractivity contribution in [3.63, 3.8) is 0 Å². The Balaban J connectivity index is 2.30. The van der Waals surface area contributed by atoms with Gasteiger partial charge in [0.05, 0.1) is 0 Å². The minimum absolute atomic E-state index is 0.830. The van der Waals surface area contributed by atoms with Gasteiger partial charge in [-0.2, -0.15) is 0 Å². The van der Waals surface area contributed by atoms with Gasteiger partial charge in [0.25, 0.3) is 0 Å². The Morgan fingerprint density at radius 1 is 1.33 bits per heavy atom. The van der Waals surface area contributed by atoms with E-state index in [1.54, 1.807) is 0 Å². The summed E-state index contributed by atoms with van der Waals surface area (Å²) >= 11 is 0. The second-order valence-corrected chi connectivity index (χ2v) is 4.15. The van der Waals surface area contributed by atoms with Gasteiger partial charge in [-0.05, 0) is 52.2 Å². The largest absolute Gasteiger partial charge is 0.330 e. The molecule has 12 heavy (non-hydrogen) atoms. The van der Waals surface area contributed by atoms with Crippen LogP contribution in [0.1, 0.15) is 32.1 Å². The fraction of sp³-hybridized carbons (Fsp3) is 1.00. The highest BCUT2D eigenvalue weighted by Crippen LogP contribution is 2.31. The van der Waals surface area contributed by atoms with Crippen LogP contribution in [-0.2, 0) is 0 Å². The minimum Gasteiger partial charge on any atom is -0.330 e. The van der Waals surface area contributed by atoms with E-state index in [0.29, 0.717) is 0 Å². The van der Waals surface area contributed by atoms with Gasteiger partial charge in [-0.1, -0.05) is 6.42 Å². The third-order valence-corrected chi connectivity index (χ3v) is 3.06. The summed E-state index contributed by atoms with van der Waals surface area (Å²) in [5.41, 5.74) is 5.51. The standard InChI is InChI=1S/C10H22N2/c1-12(2)10-7-3-5-9(10)6-4-8-11/h9-10H,3-8,11H2,1-2H3. The molecule has 1 fully saturated rings. The normalized spacial score (nSPS) is 30.0. The zero-order valence-electron chi connectivity index (χ0n) is 8.42. The van der Waals surface area contributed by atoms with Crippen LogP contribution < -0.4 is 5.73 Å². The van der Waals surface area contributed by atoms with Gasteiger partial charge in [-0.3, -0.25) is 0 Å². The van der Waals surface area contributed by atoms with Crippen LogP contribution >= 0.6 is 0 Å². The molecule has 1 aliphatic rings. The molecule has 2 N–H and O–H groups in total. The summed E-state index contributed by atoms with van der Waals surface area (Å²) in [6.07, 6.45) is 6.76. The molecule has 0 aliphatic heterocycles. The fourth-order valence-corrected chi connectivity index (χ4v) is 2.41. The minimum atomic E-state index is 0.830. The summed E-state index contributed by atoms with van der Waals surface area (Å²) in [6, 6.07) is 0.830. The molecule has 72 valence electrons. The Hall–Kier alpha value is -0.0800. The molecule has 2 atom stereocenters. The fourth-order valence-electron chi connectivity index (χ4n) is 2.41. The van der Waals surface area contributed by atoms with E-state index in [0.717, 1.165) is 18.5 Å². The van der Waals surface area contributed by atoms with E-state index in [1.165, 1.54) is 32.1 Å². The van der Waals surface area contributed by atoms with Crippen LogP contribution in [-0.4, -0.2) is 31.6 Å². The Morgan fingerprint density at radius 3 is 2.67 bits per heavy atom. The van der Waals surface area contributed by atoms with Crippen LogP contribution in [0.15, 0.2) is 0 Å².